The molecule has 1 N–H and O–H groups in total. The number of hydrogen-bond donors (Lipinski definition) is 1. The van der Waals surface area contributed by atoms with Gasteiger partial charge in [-0.1, -0.05) is 6.92 Å². The zero-order valence-corrected chi connectivity index (χ0v) is 13.8. The van der Waals surface area contributed by atoms with Crippen molar-refractivity contribution in [3.8, 4) is 0 Å². The van der Waals surface area contributed by atoms with Crippen LogP contribution in [0.4, 0.5) is 0 Å². The topological polar surface area (TPSA) is 102 Å². The minimum Gasteiger partial charge on any atom is -0.356 e. The highest BCUT2D eigenvalue weighted by atomic mass is 32.2. The number of nitrogens with one attached hydrogen (secondary N) is 1. The highest BCUT2D eigenvalue weighted by Gasteiger charge is 2.57. The Labute approximate surface area is 138 Å². The van der Waals surface area contributed by atoms with Gasteiger partial charge in [-0.15, -0.1) is 4.91 Å². The van der Waals surface area contributed by atoms with E-state index in [4.69, 9.17) is 4.84 Å². The average molecular weight is 340 g/mol. The van der Waals surface area contributed by atoms with Gasteiger partial charge in [0, 0.05) is 37.0 Å². The van der Waals surface area contributed by atoms with Gasteiger partial charge in [-0.3, -0.25) is 14.4 Å². The minimum absolute atomic E-state index is 0.000948. The molecule has 0 spiro atoms. The molecule has 8 heteroatoms. The Balaban J connectivity index is 1.97. The second kappa shape index (κ2) is 6.22. The molecule has 2 saturated heterocycles. The van der Waals surface area contributed by atoms with E-state index in [2.05, 4.69) is 10.7 Å². The van der Waals surface area contributed by atoms with E-state index in [0.717, 1.165) is 5.75 Å². The SMILES string of the molecule is CCC1(ON=O)CC(=O)CCC(=O)C1C1SCC2CC(=O)NC21. The van der Waals surface area contributed by atoms with E-state index in [9.17, 15) is 19.3 Å². The Kier molecular flexibility index (Phi) is 4.44. The lowest BCUT2D eigenvalue weighted by atomic mass is 9.75. The molecule has 23 heavy (non-hydrogen) atoms. The quantitative estimate of drug-likeness (QED) is 0.471. The molecule has 0 aromatic carbocycles. The monoisotopic (exact) mass is 340 g/mol. The molecule has 3 fully saturated rings. The molecule has 0 aromatic heterocycles. The Morgan fingerprint density at radius 1 is 1.35 bits per heavy atom. The highest BCUT2D eigenvalue weighted by molar-refractivity contribution is 8.00. The summed E-state index contributed by atoms with van der Waals surface area (Å²) in [4.78, 5) is 52.5. The van der Waals surface area contributed by atoms with Crippen LogP contribution in [-0.2, 0) is 19.2 Å². The molecular formula is C15H20N2O5S. The van der Waals surface area contributed by atoms with Crippen molar-refractivity contribution in [2.45, 2.75) is 55.9 Å². The van der Waals surface area contributed by atoms with Gasteiger partial charge in [-0.05, 0) is 18.1 Å². The van der Waals surface area contributed by atoms with Crippen LogP contribution >= 0.6 is 11.8 Å². The van der Waals surface area contributed by atoms with Crippen LogP contribution in [0.25, 0.3) is 0 Å². The Morgan fingerprint density at radius 2 is 2.13 bits per heavy atom. The van der Waals surface area contributed by atoms with Gasteiger partial charge in [0.05, 0.1) is 5.92 Å². The molecule has 0 radical (unpaired) electrons. The van der Waals surface area contributed by atoms with Crippen molar-refractivity contribution in [2.24, 2.45) is 17.2 Å². The first-order chi connectivity index (χ1) is 11.0. The van der Waals surface area contributed by atoms with Crippen LogP contribution in [0.15, 0.2) is 5.34 Å². The third-order valence-corrected chi connectivity index (χ3v) is 6.92. The van der Waals surface area contributed by atoms with Crippen molar-refractivity contribution < 1.29 is 19.2 Å². The van der Waals surface area contributed by atoms with Crippen molar-refractivity contribution in [3.63, 3.8) is 0 Å². The molecular weight excluding hydrogens is 320 g/mol. The number of amides is 1. The Morgan fingerprint density at radius 3 is 2.83 bits per heavy atom. The van der Waals surface area contributed by atoms with Crippen molar-refractivity contribution in [1.82, 2.24) is 5.32 Å². The van der Waals surface area contributed by atoms with Gasteiger partial charge in [0.15, 0.2) is 10.9 Å². The van der Waals surface area contributed by atoms with Crippen LogP contribution in [0.5, 0.6) is 0 Å². The summed E-state index contributed by atoms with van der Waals surface area (Å²) in [5, 5.41) is 5.37. The zero-order valence-electron chi connectivity index (χ0n) is 12.9. The van der Waals surface area contributed by atoms with Crippen molar-refractivity contribution in [2.75, 3.05) is 5.75 Å². The number of nitrogens with zero attached hydrogens (tertiary/aromatic N) is 1. The maximum atomic E-state index is 12.8. The summed E-state index contributed by atoms with van der Waals surface area (Å²) in [6.45, 7) is 1.80. The summed E-state index contributed by atoms with van der Waals surface area (Å²) in [6.07, 6.45) is 1.18. The van der Waals surface area contributed by atoms with Gasteiger partial charge in [0.2, 0.25) is 5.91 Å². The third kappa shape index (κ3) is 2.77. The fourth-order valence-corrected chi connectivity index (χ4v) is 6.07. The molecule has 0 bridgehead atoms. The normalized spacial score (nSPS) is 40.5. The van der Waals surface area contributed by atoms with Gasteiger partial charge in [0.25, 0.3) is 0 Å². The van der Waals surface area contributed by atoms with Crippen LogP contribution in [-0.4, -0.2) is 40.1 Å². The Hall–Kier alpha value is -1.44. The second-order valence-corrected chi connectivity index (χ2v) is 7.81. The van der Waals surface area contributed by atoms with Gasteiger partial charge in [-0.25, -0.2) is 0 Å². The molecule has 1 amide bonds. The molecule has 5 atom stereocenters. The lowest BCUT2D eigenvalue weighted by molar-refractivity contribution is -0.144. The number of Topliss-reactive ketones (excluding diaryl/α,β-unsaturated/α-hetero) is 2. The molecule has 3 aliphatic rings. The fourth-order valence-electron chi connectivity index (χ4n) is 4.18. The van der Waals surface area contributed by atoms with Crippen molar-refractivity contribution >= 4 is 29.2 Å². The summed E-state index contributed by atoms with van der Waals surface area (Å²) in [5.74, 6) is 0.235. The first kappa shape index (κ1) is 16.4. The molecule has 5 unspecified atom stereocenters. The van der Waals surface area contributed by atoms with E-state index in [1.807, 2.05) is 0 Å². The van der Waals surface area contributed by atoms with E-state index in [-0.39, 0.29) is 53.9 Å². The number of hydrogen-bond acceptors (Lipinski definition) is 7. The molecule has 0 aromatic rings. The highest BCUT2D eigenvalue weighted by Crippen LogP contribution is 2.48. The predicted molar refractivity (Wildman–Crippen MR) is 83.5 cm³/mol. The van der Waals surface area contributed by atoms with Gasteiger partial charge in [-0.2, -0.15) is 11.8 Å². The second-order valence-electron chi connectivity index (χ2n) is 6.60. The predicted octanol–water partition coefficient (Wildman–Crippen LogP) is 1.39. The van der Waals surface area contributed by atoms with Gasteiger partial charge in [0.1, 0.15) is 11.6 Å². The number of rotatable bonds is 4. The molecule has 1 saturated carbocycles. The zero-order chi connectivity index (χ0) is 16.6. The van der Waals surface area contributed by atoms with Gasteiger partial charge < -0.3 is 10.2 Å². The van der Waals surface area contributed by atoms with Crippen molar-refractivity contribution in [3.05, 3.63) is 4.91 Å². The lowest BCUT2D eigenvalue weighted by Gasteiger charge is -2.38. The van der Waals surface area contributed by atoms with E-state index in [1.54, 1.807) is 18.7 Å². The number of thioether (sulfide) groups is 1. The van der Waals surface area contributed by atoms with Crippen LogP contribution in [0.1, 0.15) is 39.0 Å². The molecule has 3 rings (SSSR count). The lowest BCUT2D eigenvalue weighted by Crippen LogP contribution is -2.53. The number of ketones is 2. The summed E-state index contributed by atoms with van der Waals surface area (Å²) in [5.41, 5.74) is -1.19. The van der Waals surface area contributed by atoms with Crippen LogP contribution in [0.3, 0.4) is 0 Å². The number of carbonyl (C=O) groups excluding carboxylic acids is 3. The van der Waals surface area contributed by atoms with E-state index >= 15 is 0 Å². The molecule has 1 aliphatic carbocycles. The maximum Gasteiger partial charge on any atom is 0.220 e. The van der Waals surface area contributed by atoms with Crippen molar-refractivity contribution in [1.29, 1.82) is 0 Å². The summed E-state index contributed by atoms with van der Waals surface area (Å²) in [7, 11) is 0. The number of carbonyl (C=O) groups is 3. The van der Waals surface area contributed by atoms with Crippen LogP contribution in [0.2, 0.25) is 0 Å². The molecule has 2 aliphatic heterocycles. The average Bonchev–Trinajstić information content (AvgIpc) is 3.02. The van der Waals surface area contributed by atoms with E-state index in [0.29, 0.717) is 12.8 Å². The largest absolute Gasteiger partial charge is 0.356 e. The first-order valence-electron chi connectivity index (χ1n) is 7.97. The third-order valence-electron chi connectivity index (χ3n) is 5.35. The standard InChI is InChI=1S/C15H20N2O5S/c1-2-15(22-17-21)6-9(18)3-4-10(19)12(15)14-13-8(7-23-14)5-11(20)16-13/h8,12-14H,2-7H2,1H3,(H,16,20). The maximum absolute atomic E-state index is 12.8. The van der Waals surface area contributed by atoms with E-state index in [1.165, 1.54) is 0 Å². The fraction of sp³-hybridized carbons (Fsp3) is 0.800. The van der Waals surface area contributed by atoms with Gasteiger partial charge >= 0.3 is 0 Å². The van der Waals surface area contributed by atoms with Crippen LogP contribution in [0, 0.1) is 16.7 Å². The van der Waals surface area contributed by atoms with E-state index < -0.39 is 11.5 Å². The summed E-state index contributed by atoms with van der Waals surface area (Å²) < 4.78 is 0. The smallest absolute Gasteiger partial charge is 0.220 e. The molecule has 126 valence electrons. The molecule has 2 heterocycles. The number of fused-ring (bicyclic) bond motifs is 1. The Bertz CT molecular complexity index is 554. The minimum atomic E-state index is -1.19. The summed E-state index contributed by atoms with van der Waals surface area (Å²) >= 11 is 1.63. The summed E-state index contributed by atoms with van der Waals surface area (Å²) in [6, 6.07) is -0.101. The first-order valence-corrected chi connectivity index (χ1v) is 9.02. The molecule has 7 nitrogen and oxygen atoms in total. The van der Waals surface area contributed by atoms with Crippen LogP contribution < -0.4 is 5.32 Å².